The molecule has 0 atom stereocenters. The van der Waals surface area contributed by atoms with E-state index in [0.29, 0.717) is 22.3 Å². The Morgan fingerprint density at radius 1 is 1.23 bits per heavy atom. The molecule has 2 heterocycles. The van der Waals surface area contributed by atoms with Gasteiger partial charge in [-0.05, 0) is 59.8 Å². The molecule has 1 aromatic heterocycles. The van der Waals surface area contributed by atoms with Gasteiger partial charge in [0, 0.05) is 18.0 Å². The molecule has 2 N–H and O–H groups in total. The number of hydrogen-bond donors (Lipinski definition) is 2. The van der Waals surface area contributed by atoms with Gasteiger partial charge < -0.3 is 14.8 Å². The molecule has 30 heavy (non-hydrogen) atoms. The topological polar surface area (TPSA) is 46.2 Å². The molecule has 0 spiro atoms. The summed E-state index contributed by atoms with van der Waals surface area (Å²) in [6.07, 6.45) is 0.810. The van der Waals surface area contributed by atoms with Gasteiger partial charge in [-0.2, -0.15) is 0 Å². The average molecular weight is 466 g/mol. The van der Waals surface area contributed by atoms with Gasteiger partial charge in [0.05, 0.1) is 15.4 Å². The number of benzene rings is 2. The van der Waals surface area contributed by atoms with Crippen molar-refractivity contribution in [1.82, 2.24) is 10.3 Å². The predicted molar refractivity (Wildman–Crippen MR) is 119 cm³/mol. The molecule has 9 heteroatoms. The average Bonchev–Trinajstić information content (AvgIpc) is 3.27. The van der Waals surface area contributed by atoms with Crippen LogP contribution in [0.1, 0.15) is 12.0 Å². The Bertz CT molecular complexity index is 1040. The first-order valence-electron chi connectivity index (χ1n) is 9.20. The van der Waals surface area contributed by atoms with Crippen LogP contribution in [0.5, 0.6) is 5.75 Å². The quantitative estimate of drug-likeness (QED) is 0.418. The van der Waals surface area contributed by atoms with Crippen molar-refractivity contribution in [3.8, 4) is 5.75 Å². The number of nitrogens with zero attached hydrogens (tertiary/aromatic N) is 1. The first-order chi connectivity index (χ1) is 14.6. The van der Waals surface area contributed by atoms with E-state index in [1.165, 1.54) is 35.6 Å². The molecule has 4 rings (SSSR count). The van der Waals surface area contributed by atoms with Crippen LogP contribution in [0.4, 0.5) is 14.6 Å². The van der Waals surface area contributed by atoms with Crippen molar-refractivity contribution in [3.05, 3.63) is 75.1 Å². The molecular formula is C21H18ClF2N3OS2. The zero-order valence-corrected chi connectivity index (χ0v) is 18.1. The van der Waals surface area contributed by atoms with Crippen LogP contribution in [-0.2, 0) is 0 Å². The Morgan fingerprint density at radius 2 is 2.07 bits per heavy atom. The van der Waals surface area contributed by atoms with Gasteiger partial charge in [-0.15, -0.1) is 11.3 Å². The van der Waals surface area contributed by atoms with Crippen LogP contribution in [0, 0.1) is 11.6 Å². The Labute approximate surface area is 186 Å². The van der Waals surface area contributed by atoms with Gasteiger partial charge in [0.15, 0.2) is 0 Å². The van der Waals surface area contributed by atoms with Gasteiger partial charge in [-0.25, -0.2) is 13.8 Å². The predicted octanol–water partition coefficient (Wildman–Crippen LogP) is 6.02. The van der Waals surface area contributed by atoms with Crippen LogP contribution < -0.4 is 14.8 Å². The largest absolute Gasteiger partial charge is 0.488 e. The maximum Gasteiger partial charge on any atom is 0.147 e. The minimum absolute atomic E-state index is 0.266. The summed E-state index contributed by atoms with van der Waals surface area (Å²) in [5.41, 5.74) is 4.81. The molecule has 3 aromatic rings. The summed E-state index contributed by atoms with van der Waals surface area (Å²) >= 11 is 8.88. The van der Waals surface area contributed by atoms with Crippen molar-refractivity contribution in [1.29, 1.82) is 0 Å². The van der Waals surface area contributed by atoms with E-state index in [9.17, 15) is 8.78 Å². The van der Waals surface area contributed by atoms with Crippen LogP contribution in [0.2, 0.25) is 5.02 Å². The van der Waals surface area contributed by atoms with E-state index in [1.807, 2.05) is 5.38 Å². The number of halogens is 3. The van der Waals surface area contributed by atoms with Gasteiger partial charge in [-0.3, -0.25) is 0 Å². The number of anilines is 1. The number of ether oxygens (including phenoxy) is 1. The fourth-order valence-electron chi connectivity index (χ4n) is 3.11. The lowest BCUT2D eigenvalue weighted by Crippen LogP contribution is -2.27. The Morgan fingerprint density at radius 3 is 2.83 bits per heavy atom. The molecule has 0 amide bonds. The molecule has 0 unspecified atom stereocenters. The Kier molecular flexibility index (Phi) is 6.89. The van der Waals surface area contributed by atoms with E-state index >= 15 is 0 Å². The Hall–Kier alpha value is -2.13. The van der Waals surface area contributed by atoms with Crippen LogP contribution >= 0.6 is 34.9 Å². The van der Waals surface area contributed by atoms with Crippen LogP contribution in [0.15, 0.2) is 57.8 Å². The number of rotatable bonds is 7. The standard InChI is InChI=1S/C21H18ClF2N3OS2/c22-17-7-20(30-27-21-11-29-12-26-21)18(24)8-19(17)28-10-14-9-25-6-5-16(14)13-1-3-15(23)4-2-13/h1-4,7-8,11-12,25,27H,5-6,9-10H2. The lowest BCUT2D eigenvalue weighted by Gasteiger charge is -2.22. The van der Waals surface area contributed by atoms with Crippen molar-refractivity contribution >= 4 is 46.3 Å². The molecule has 0 bridgehead atoms. The minimum Gasteiger partial charge on any atom is -0.488 e. The SMILES string of the molecule is Fc1ccc(C2=C(COc3cc(F)c(SNc4cscn4)cc3Cl)CNCC2)cc1. The molecule has 0 saturated carbocycles. The third kappa shape index (κ3) is 5.13. The summed E-state index contributed by atoms with van der Waals surface area (Å²) in [5, 5.41) is 5.47. The van der Waals surface area contributed by atoms with E-state index < -0.39 is 5.82 Å². The second kappa shape index (κ2) is 9.78. The molecule has 4 nitrogen and oxygen atoms in total. The van der Waals surface area contributed by atoms with Gasteiger partial charge in [0.2, 0.25) is 0 Å². The number of thiazole rings is 1. The lowest BCUT2D eigenvalue weighted by molar-refractivity contribution is 0.344. The summed E-state index contributed by atoms with van der Waals surface area (Å²) in [4.78, 5) is 4.45. The van der Waals surface area contributed by atoms with Gasteiger partial charge in [0.25, 0.3) is 0 Å². The van der Waals surface area contributed by atoms with E-state index in [-0.39, 0.29) is 18.2 Å². The Balaban J connectivity index is 1.48. The molecule has 1 aliphatic rings. The molecule has 1 aliphatic heterocycles. The van der Waals surface area contributed by atoms with Crippen molar-refractivity contribution in [2.24, 2.45) is 0 Å². The van der Waals surface area contributed by atoms with Crippen molar-refractivity contribution in [3.63, 3.8) is 0 Å². The maximum atomic E-state index is 14.5. The van der Waals surface area contributed by atoms with Gasteiger partial charge >= 0.3 is 0 Å². The van der Waals surface area contributed by atoms with Crippen LogP contribution in [-0.4, -0.2) is 24.7 Å². The highest BCUT2D eigenvalue weighted by atomic mass is 35.5. The van der Waals surface area contributed by atoms with Crippen molar-refractivity contribution in [2.45, 2.75) is 11.3 Å². The molecule has 2 aromatic carbocycles. The molecule has 0 aliphatic carbocycles. The monoisotopic (exact) mass is 465 g/mol. The smallest absolute Gasteiger partial charge is 0.147 e. The summed E-state index contributed by atoms with van der Waals surface area (Å²) in [5.74, 6) is 0.238. The zero-order valence-electron chi connectivity index (χ0n) is 15.8. The van der Waals surface area contributed by atoms with E-state index in [2.05, 4.69) is 15.0 Å². The summed E-state index contributed by atoms with van der Waals surface area (Å²) in [6, 6.07) is 9.26. The van der Waals surface area contributed by atoms with Gasteiger partial charge in [0.1, 0.15) is 29.8 Å². The first kappa shape index (κ1) is 21.1. The first-order valence-corrected chi connectivity index (χ1v) is 11.3. The maximum absolute atomic E-state index is 14.5. The lowest BCUT2D eigenvalue weighted by atomic mass is 9.94. The summed E-state index contributed by atoms with van der Waals surface area (Å²) in [7, 11) is 0. The number of aromatic nitrogens is 1. The highest BCUT2D eigenvalue weighted by molar-refractivity contribution is 8.00. The summed E-state index contributed by atoms with van der Waals surface area (Å²) < 4.78 is 36.6. The van der Waals surface area contributed by atoms with Crippen molar-refractivity contribution in [2.75, 3.05) is 24.4 Å². The molecular weight excluding hydrogens is 448 g/mol. The zero-order chi connectivity index (χ0) is 20.9. The molecule has 0 radical (unpaired) electrons. The molecule has 0 saturated heterocycles. The summed E-state index contributed by atoms with van der Waals surface area (Å²) in [6.45, 7) is 1.75. The second-order valence-electron chi connectivity index (χ2n) is 6.60. The molecule has 156 valence electrons. The third-order valence-corrected chi connectivity index (χ3v) is 6.32. The highest BCUT2D eigenvalue weighted by Crippen LogP contribution is 2.34. The number of nitrogens with one attached hydrogen (secondary N) is 2. The highest BCUT2D eigenvalue weighted by Gasteiger charge is 2.17. The third-order valence-electron chi connectivity index (χ3n) is 4.60. The minimum atomic E-state index is -0.434. The van der Waals surface area contributed by atoms with E-state index in [4.69, 9.17) is 16.3 Å². The van der Waals surface area contributed by atoms with Crippen molar-refractivity contribution < 1.29 is 13.5 Å². The number of hydrogen-bond acceptors (Lipinski definition) is 6. The molecule has 0 fully saturated rings. The van der Waals surface area contributed by atoms with Crippen LogP contribution in [0.25, 0.3) is 5.57 Å². The fourth-order valence-corrected chi connectivity index (χ4v) is 4.61. The van der Waals surface area contributed by atoms with E-state index in [0.717, 1.165) is 41.6 Å². The second-order valence-corrected chi connectivity index (χ2v) is 8.57. The fraction of sp³-hybridized carbons (Fsp3) is 0.190. The normalized spacial score (nSPS) is 14.1. The van der Waals surface area contributed by atoms with Crippen LogP contribution in [0.3, 0.4) is 0 Å². The van der Waals surface area contributed by atoms with Gasteiger partial charge in [-0.1, -0.05) is 23.7 Å². The van der Waals surface area contributed by atoms with E-state index in [1.54, 1.807) is 17.6 Å².